The zero-order valence-corrected chi connectivity index (χ0v) is 10.2. The maximum absolute atomic E-state index is 11.5. The van der Waals surface area contributed by atoms with E-state index in [9.17, 15) is 4.79 Å². The molecule has 2 nitrogen and oxygen atoms in total. The Morgan fingerprint density at radius 2 is 2.31 bits per heavy atom. The van der Waals surface area contributed by atoms with E-state index in [0.29, 0.717) is 12.2 Å². The zero-order valence-electron chi connectivity index (χ0n) is 9.35. The Morgan fingerprint density at radius 3 is 3.00 bits per heavy atom. The molecule has 0 unspecified atom stereocenters. The van der Waals surface area contributed by atoms with Crippen LogP contribution >= 0.6 is 12.6 Å². The Kier molecular flexibility index (Phi) is 5.72. The van der Waals surface area contributed by atoms with Crippen molar-refractivity contribution in [1.82, 2.24) is 0 Å². The third-order valence-electron chi connectivity index (χ3n) is 2.00. The molecular formula is C13H16O2S. The summed E-state index contributed by atoms with van der Waals surface area (Å²) in [5, 5.41) is 0. The minimum Gasteiger partial charge on any atom is -0.462 e. The summed E-state index contributed by atoms with van der Waals surface area (Å²) in [4.78, 5) is 11.5. The summed E-state index contributed by atoms with van der Waals surface area (Å²) >= 11 is 4.12. The largest absolute Gasteiger partial charge is 0.462 e. The van der Waals surface area contributed by atoms with Crippen molar-refractivity contribution in [2.24, 2.45) is 0 Å². The highest BCUT2D eigenvalue weighted by Crippen LogP contribution is 2.09. The average molecular weight is 236 g/mol. The number of thiol groups is 1. The first-order valence-electron chi connectivity index (χ1n) is 5.32. The fourth-order valence-corrected chi connectivity index (χ4v) is 1.43. The van der Waals surface area contributed by atoms with Crippen LogP contribution in [0.5, 0.6) is 0 Å². The van der Waals surface area contributed by atoms with Crippen LogP contribution in [0.25, 0.3) is 6.08 Å². The summed E-state index contributed by atoms with van der Waals surface area (Å²) in [6.07, 6.45) is 4.95. The molecule has 1 rings (SSSR count). The van der Waals surface area contributed by atoms with E-state index >= 15 is 0 Å². The first kappa shape index (κ1) is 12.8. The van der Waals surface area contributed by atoms with Gasteiger partial charge in [-0.1, -0.05) is 24.3 Å². The van der Waals surface area contributed by atoms with Crippen molar-refractivity contribution in [3.05, 3.63) is 41.5 Å². The lowest BCUT2D eigenvalue weighted by Gasteiger charge is -2.02. The van der Waals surface area contributed by atoms with Gasteiger partial charge in [-0.25, -0.2) is 4.79 Å². The summed E-state index contributed by atoms with van der Waals surface area (Å²) in [6.45, 7) is 2.20. The first-order chi connectivity index (χ1) is 7.77. The molecule has 0 aromatic heterocycles. The Morgan fingerprint density at radius 1 is 1.50 bits per heavy atom. The van der Waals surface area contributed by atoms with E-state index in [2.05, 4.69) is 12.6 Å². The highest BCUT2D eigenvalue weighted by molar-refractivity contribution is 7.80. The molecule has 0 aliphatic heterocycles. The number of benzene rings is 1. The van der Waals surface area contributed by atoms with Crippen LogP contribution in [0.4, 0.5) is 0 Å². The predicted octanol–water partition coefficient (Wildman–Crippen LogP) is 3.20. The van der Waals surface area contributed by atoms with Crippen LogP contribution in [0.3, 0.4) is 0 Å². The maximum Gasteiger partial charge on any atom is 0.338 e. The summed E-state index contributed by atoms with van der Waals surface area (Å²) < 4.78 is 4.93. The summed E-state index contributed by atoms with van der Waals surface area (Å²) in [6, 6.07) is 7.39. The smallest absolute Gasteiger partial charge is 0.338 e. The second-order valence-electron chi connectivity index (χ2n) is 3.26. The molecule has 86 valence electrons. The van der Waals surface area contributed by atoms with Gasteiger partial charge in [0.25, 0.3) is 0 Å². The minimum absolute atomic E-state index is 0.271. The van der Waals surface area contributed by atoms with E-state index < -0.39 is 0 Å². The lowest BCUT2D eigenvalue weighted by atomic mass is 10.1. The minimum atomic E-state index is -0.271. The topological polar surface area (TPSA) is 26.3 Å². The number of ether oxygens (including phenoxy) is 1. The van der Waals surface area contributed by atoms with E-state index in [4.69, 9.17) is 4.74 Å². The summed E-state index contributed by atoms with van der Waals surface area (Å²) in [7, 11) is 0. The molecule has 0 atom stereocenters. The lowest BCUT2D eigenvalue weighted by Crippen LogP contribution is -2.04. The van der Waals surface area contributed by atoms with E-state index in [1.54, 1.807) is 13.0 Å². The SMILES string of the molecule is CCOC(=O)c1cccc(C=CCCS)c1. The van der Waals surface area contributed by atoms with Gasteiger partial charge >= 0.3 is 5.97 Å². The third-order valence-corrected chi connectivity index (χ3v) is 2.26. The van der Waals surface area contributed by atoms with Crippen molar-refractivity contribution in [3.63, 3.8) is 0 Å². The highest BCUT2D eigenvalue weighted by atomic mass is 32.1. The number of hydrogen-bond acceptors (Lipinski definition) is 3. The molecule has 16 heavy (non-hydrogen) atoms. The molecule has 0 N–H and O–H groups in total. The van der Waals surface area contributed by atoms with Crippen LogP contribution in [0, 0.1) is 0 Å². The Hall–Kier alpha value is -1.22. The molecule has 0 bridgehead atoms. The standard InChI is InChI=1S/C13H16O2S/c1-2-15-13(14)12-8-5-7-11(10-12)6-3-4-9-16/h3,5-8,10,16H,2,4,9H2,1H3. The van der Waals surface area contributed by atoms with Crippen molar-refractivity contribution in [1.29, 1.82) is 0 Å². The van der Waals surface area contributed by atoms with Crippen LogP contribution in [0.2, 0.25) is 0 Å². The lowest BCUT2D eigenvalue weighted by molar-refractivity contribution is 0.0526. The third kappa shape index (κ3) is 4.11. The maximum atomic E-state index is 11.5. The van der Waals surface area contributed by atoms with Gasteiger partial charge in [-0.2, -0.15) is 12.6 Å². The molecule has 1 aromatic carbocycles. The van der Waals surface area contributed by atoms with E-state index in [1.165, 1.54) is 0 Å². The first-order valence-corrected chi connectivity index (χ1v) is 5.95. The monoisotopic (exact) mass is 236 g/mol. The van der Waals surface area contributed by atoms with Crippen molar-refractivity contribution >= 4 is 24.7 Å². The number of allylic oxidation sites excluding steroid dienone is 1. The molecule has 0 aliphatic rings. The van der Waals surface area contributed by atoms with Crippen LogP contribution in [0.1, 0.15) is 29.3 Å². The number of carbonyl (C=O) groups is 1. The molecule has 0 saturated carbocycles. The van der Waals surface area contributed by atoms with Crippen LogP contribution in [-0.4, -0.2) is 18.3 Å². The molecule has 3 heteroatoms. The van der Waals surface area contributed by atoms with Crippen molar-refractivity contribution in [2.45, 2.75) is 13.3 Å². The highest BCUT2D eigenvalue weighted by Gasteiger charge is 2.05. The zero-order chi connectivity index (χ0) is 11.8. The van der Waals surface area contributed by atoms with Crippen molar-refractivity contribution < 1.29 is 9.53 Å². The fraction of sp³-hybridized carbons (Fsp3) is 0.308. The average Bonchev–Trinajstić information content (AvgIpc) is 2.30. The van der Waals surface area contributed by atoms with Crippen LogP contribution < -0.4 is 0 Å². The Labute approximate surface area is 102 Å². The molecule has 0 fully saturated rings. The molecule has 0 spiro atoms. The summed E-state index contributed by atoms with van der Waals surface area (Å²) in [5.74, 6) is 0.556. The van der Waals surface area contributed by atoms with Crippen molar-refractivity contribution in [3.8, 4) is 0 Å². The predicted molar refractivity (Wildman–Crippen MR) is 69.9 cm³/mol. The number of esters is 1. The molecule has 1 aromatic rings. The van der Waals surface area contributed by atoms with Gasteiger partial charge in [-0.15, -0.1) is 0 Å². The number of carbonyl (C=O) groups excluding carboxylic acids is 1. The second-order valence-corrected chi connectivity index (χ2v) is 3.71. The Bertz CT molecular complexity index is 372. The molecule has 0 radical (unpaired) electrons. The van der Waals surface area contributed by atoms with Crippen LogP contribution in [0.15, 0.2) is 30.3 Å². The van der Waals surface area contributed by atoms with Gasteiger partial charge in [0.1, 0.15) is 0 Å². The molecular weight excluding hydrogens is 220 g/mol. The molecule has 0 aliphatic carbocycles. The second kappa shape index (κ2) is 7.12. The van der Waals surface area contributed by atoms with E-state index in [1.807, 2.05) is 30.4 Å². The van der Waals surface area contributed by atoms with Gasteiger partial charge in [-0.3, -0.25) is 0 Å². The molecule has 0 heterocycles. The quantitative estimate of drug-likeness (QED) is 0.627. The normalized spacial score (nSPS) is 10.6. The Balaban J connectivity index is 2.74. The van der Waals surface area contributed by atoms with Gasteiger partial charge in [0, 0.05) is 0 Å². The van der Waals surface area contributed by atoms with Gasteiger partial charge in [0.15, 0.2) is 0 Å². The van der Waals surface area contributed by atoms with E-state index in [-0.39, 0.29) is 5.97 Å². The van der Waals surface area contributed by atoms with Gasteiger partial charge < -0.3 is 4.74 Å². The molecule has 0 saturated heterocycles. The van der Waals surface area contributed by atoms with Crippen LogP contribution in [-0.2, 0) is 4.74 Å². The van der Waals surface area contributed by atoms with Gasteiger partial charge in [0.05, 0.1) is 12.2 Å². The summed E-state index contributed by atoms with van der Waals surface area (Å²) in [5.41, 5.74) is 1.60. The van der Waals surface area contributed by atoms with Crippen molar-refractivity contribution in [2.75, 3.05) is 12.4 Å². The number of hydrogen-bond donors (Lipinski definition) is 1. The fourth-order valence-electron chi connectivity index (χ4n) is 1.28. The number of rotatable bonds is 5. The van der Waals surface area contributed by atoms with Gasteiger partial charge in [0.2, 0.25) is 0 Å². The van der Waals surface area contributed by atoms with E-state index in [0.717, 1.165) is 17.7 Å². The molecule has 0 amide bonds. The van der Waals surface area contributed by atoms with Gasteiger partial charge in [-0.05, 0) is 36.8 Å².